The molecular weight excluding hydrogens is 202 g/mol. The van der Waals surface area contributed by atoms with Gasteiger partial charge in [-0.2, -0.15) is 0 Å². The van der Waals surface area contributed by atoms with Crippen LogP contribution in [0.4, 0.5) is 0 Å². The molecular formula is C13H23NS. The van der Waals surface area contributed by atoms with Gasteiger partial charge < -0.3 is 5.32 Å². The molecule has 1 aromatic heterocycles. The summed E-state index contributed by atoms with van der Waals surface area (Å²) in [6.07, 6.45) is 3.82. The van der Waals surface area contributed by atoms with Gasteiger partial charge in [0.1, 0.15) is 0 Å². The zero-order valence-electron chi connectivity index (χ0n) is 10.1. The molecule has 1 aromatic rings. The van der Waals surface area contributed by atoms with Gasteiger partial charge in [-0.3, -0.25) is 0 Å². The molecule has 0 fully saturated rings. The number of aryl methyl sites for hydroxylation is 1. The van der Waals surface area contributed by atoms with Crippen molar-refractivity contribution in [2.24, 2.45) is 5.92 Å². The highest BCUT2D eigenvalue weighted by Crippen LogP contribution is 2.12. The summed E-state index contributed by atoms with van der Waals surface area (Å²) in [6.45, 7) is 7.94. The molecule has 0 spiro atoms. The van der Waals surface area contributed by atoms with Crippen LogP contribution in [0.25, 0.3) is 0 Å². The van der Waals surface area contributed by atoms with E-state index in [2.05, 4.69) is 43.6 Å². The Hall–Kier alpha value is -0.340. The van der Waals surface area contributed by atoms with Gasteiger partial charge in [0.15, 0.2) is 0 Å². The first-order valence-corrected chi connectivity index (χ1v) is 6.82. The fourth-order valence-corrected chi connectivity index (χ4v) is 2.33. The Morgan fingerprint density at radius 1 is 1.33 bits per heavy atom. The monoisotopic (exact) mass is 225 g/mol. The van der Waals surface area contributed by atoms with Gasteiger partial charge in [0, 0.05) is 10.9 Å². The Morgan fingerprint density at radius 2 is 2.13 bits per heavy atom. The van der Waals surface area contributed by atoms with Crippen LogP contribution >= 0.6 is 11.3 Å². The molecule has 1 heterocycles. The van der Waals surface area contributed by atoms with Crippen LogP contribution in [0, 0.1) is 5.92 Å². The molecule has 0 aromatic carbocycles. The van der Waals surface area contributed by atoms with E-state index >= 15 is 0 Å². The summed E-state index contributed by atoms with van der Waals surface area (Å²) in [6, 6.07) is 5.03. The highest BCUT2D eigenvalue weighted by Gasteiger charge is 2.02. The lowest BCUT2D eigenvalue weighted by Crippen LogP contribution is -2.29. The fraction of sp³-hybridized carbons (Fsp3) is 0.692. The normalized spacial score (nSPS) is 13.3. The van der Waals surface area contributed by atoms with E-state index in [-0.39, 0.29) is 0 Å². The molecule has 15 heavy (non-hydrogen) atoms. The molecule has 2 heteroatoms. The predicted molar refractivity (Wildman–Crippen MR) is 69.6 cm³/mol. The van der Waals surface area contributed by atoms with Gasteiger partial charge in [0.25, 0.3) is 0 Å². The summed E-state index contributed by atoms with van der Waals surface area (Å²) < 4.78 is 0. The molecule has 86 valence electrons. The number of nitrogens with one attached hydrogen (secondary N) is 1. The molecule has 0 aliphatic carbocycles. The largest absolute Gasteiger partial charge is 0.314 e. The molecule has 0 radical (unpaired) electrons. The lowest BCUT2D eigenvalue weighted by Gasteiger charge is -2.14. The third kappa shape index (κ3) is 5.95. The molecule has 1 N–H and O–H groups in total. The maximum absolute atomic E-state index is 3.57. The molecule has 1 rings (SSSR count). The topological polar surface area (TPSA) is 12.0 Å². The SMILES string of the molecule is CC(C)CNC(C)CCCc1cccs1. The minimum Gasteiger partial charge on any atom is -0.314 e. The Morgan fingerprint density at radius 3 is 2.73 bits per heavy atom. The average molecular weight is 225 g/mol. The van der Waals surface area contributed by atoms with E-state index in [9.17, 15) is 0 Å². The number of rotatable bonds is 7. The van der Waals surface area contributed by atoms with Gasteiger partial charge in [-0.05, 0) is 50.1 Å². The first-order valence-electron chi connectivity index (χ1n) is 5.94. The number of thiophene rings is 1. The summed E-state index contributed by atoms with van der Waals surface area (Å²) in [5.74, 6) is 0.754. The standard InChI is InChI=1S/C13H23NS/c1-11(2)10-14-12(3)6-4-7-13-8-5-9-15-13/h5,8-9,11-12,14H,4,6-7,10H2,1-3H3. The lowest BCUT2D eigenvalue weighted by atomic mass is 10.1. The van der Waals surface area contributed by atoms with Crippen molar-refractivity contribution < 1.29 is 0 Å². The van der Waals surface area contributed by atoms with Crippen molar-refractivity contribution in [1.82, 2.24) is 5.32 Å². The Kier molecular flexibility index (Phi) is 5.96. The summed E-state index contributed by atoms with van der Waals surface area (Å²) in [7, 11) is 0. The van der Waals surface area contributed by atoms with Crippen LogP contribution in [0.15, 0.2) is 17.5 Å². The van der Waals surface area contributed by atoms with E-state index in [1.165, 1.54) is 24.1 Å². The highest BCUT2D eigenvalue weighted by molar-refractivity contribution is 7.09. The molecule has 0 aliphatic rings. The van der Waals surface area contributed by atoms with Gasteiger partial charge in [-0.1, -0.05) is 19.9 Å². The molecule has 0 saturated heterocycles. The third-order valence-electron chi connectivity index (χ3n) is 2.51. The minimum atomic E-state index is 0.660. The first-order chi connectivity index (χ1) is 7.18. The van der Waals surface area contributed by atoms with Crippen LogP contribution in [-0.2, 0) is 6.42 Å². The van der Waals surface area contributed by atoms with Crippen LogP contribution in [0.1, 0.15) is 38.5 Å². The zero-order chi connectivity index (χ0) is 11.1. The van der Waals surface area contributed by atoms with Gasteiger partial charge >= 0.3 is 0 Å². The molecule has 1 atom stereocenters. The Balaban J connectivity index is 2.04. The van der Waals surface area contributed by atoms with Crippen LogP contribution in [0.5, 0.6) is 0 Å². The van der Waals surface area contributed by atoms with E-state index in [4.69, 9.17) is 0 Å². The number of hydrogen-bond acceptors (Lipinski definition) is 2. The van der Waals surface area contributed by atoms with Crippen molar-refractivity contribution in [2.75, 3.05) is 6.54 Å². The highest BCUT2D eigenvalue weighted by atomic mass is 32.1. The predicted octanol–water partition coefficient (Wildman–Crippen LogP) is 3.70. The van der Waals surface area contributed by atoms with E-state index in [1.807, 2.05) is 11.3 Å². The van der Waals surface area contributed by atoms with Crippen LogP contribution in [-0.4, -0.2) is 12.6 Å². The van der Waals surface area contributed by atoms with Gasteiger partial charge in [-0.25, -0.2) is 0 Å². The summed E-state index contributed by atoms with van der Waals surface area (Å²) in [5.41, 5.74) is 0. The van der Waals surface area contributed by atoms with E-state index in [1.54, 1.807) is 0 Å². The molecule has 0 aliphatic heterocycles. The van der Waals surface area contributed by atoms with Crippen LogP contribution < -0.4 is 5.32 Å². The smallest absolute Gasteiger partial charge is 0.00452 e. The second-order valence-electron chi connectivity index (χ2n) is 4.67. The maximum atomic E-state index is 3.57. The van der Waals surface area contributed by atoms with Crippen molar-refractivity contribution >= 4 is 11.3 Å². The molecule has 1 unspecified atom stereocenters. The van der Waals surface area contributed by atoms with Crippen LogP contribution in [0.3, 0.4) is 0 Å². The zero-order valence-corrected chi connectivity index (χ0v) is 10.9. The van der Waals surface area contributed by atoms with Gasteiger partial charge in [0.2, 0.25) is 0 Å². The lowest BCUT2D eigenvalue weighted by molar-refractivity contribution is 0.455. The van der Waals surface area contributed by atoms with E-state index < -0.39 is 0 Å². The van der Waals surface area contributed by atoms with Crippen LogP contribution in [0.2, 0.25) is 0 Å². The average Bonchev–Trinajstić information content (AvgIpc) is 2.67. The number of hydrogen-bond donors (Lipinski definition) is 1. The molecule has 0 amide bonds. The Labute approximate surface area is 97.9 Å². The third-order valence-corrected chi connectivity index (χ3v) is 3.45. The van der Waals surface area contributed by atoms with E-state index in [0.717, 1.165) is 12.5 Å². The second-order valence-corrected chi connectivity index (χ2v) is 5.71. The van der Waals surface area contributed by atoms with Crippen molar-refractivity contribution in [1.29, 1.82) is 0 Å². The molecule has 0 bridgehead atoms. The van der Waals surface area contributed by atoms with E-state index in [0.29, 0.717) is 6.04 Å². The fourth-order valence-electron chi connectivity index (χ4n) is 1.58. The minimum absolute atomic E-state index is 0.660. The van der Waals surface area contributed by atoms with Crippen molar-refractivity contribution in [3.63, 3.8) is 0 Å². The van der Waals surface area contributed by atoms with Crippen molar-refractivity contribution in [3.8, 4) is 0 Å². The second kappa shape index (κ2) is 7.02. The van der Waals surface area contributed by atoms with Gasteiger partial charge in [-0.15, -0.1) is 11.3 Å². The van der Waals surface area contributed by atoms with Crippen molar-refractivity contribution in [3.05, 3.63) is 22.4 Å². The maximum Gasteiger partial charge on any atom is 0.00452 e. The van der Waals surface area contributed by atoms with Gasteiger partial charge in [0.05, 0.1) is 0 Å². The quantitative estimate of drug-likeness (QED) is 0.746. The summed E-state index contributed by atoms with van der Waals surface area (Å²) in [4.78, 5) is 1.52. The molecule has 0 saturated carbocycles. The Bertz CT molecular complexity index is 241. The molecule has 1 nitrogen and oxygen atoms in total. The van der Waals surface area contributed by atoms with Crippen molar-refractivity contribution in [2.45, 2.75) is 46.1 Å². The summed E-state index contributed by atoms with van der Waals surface area (Å²) in [5, 5.41) is 5.73. The first kappa shape index (κ1) is 12.7. The summed E-state index contributed by atoms with van der Waals surface area (Å²) >= 11 is 1.87.